The molecule has 0 radical (unpaired) electrons. The number of rotatable bonds is 9. The monoisotopic (exact) mass is 424 g/mol. The predicted molar refractivity (Wildman–Crippen MR) is 130 cm³/mol. The predicted octanol–water partition coefficient (Wildman–Crippen LogP) is 6.86. The number of benzene rings is 2. The fourth-order valence-corrected chi connectivity index (χ4v) is 4.66. The van der Waals surface area contributed by atoms with Crippen LogP contribution in [-0.2, 0) is 6.54 Å². The first kappa shape index (κ1) is 23.6. The van der Waals surface area contributed by atoms with Crippen molar-refractivity contribution in [1.82, 2.24) is 9.80 Å². The van der Waals surface area contributed by atoms with E-state index in [1.54, 1.807) is 14.1 Å². The molecule has 4 nitrogen and oxygen atoms in total. The number of nitrogens with zero attached hydrogens (tertiary/aromatic N) is 2. The Morgan fingerprint density at radius 2 is 1.68 bits per heavy atom. The second-order valence-corrected chi connectivity index (χ2v) is 9.31. The van der Waals surface area contributed by atoms with E-state index in [9.17, 15) is 4.79 Å². The Morgan fingerprint density at radius 3 is 2.35 bits per heavy atom. The molecule has 0 aliphatic heterocycles. The number of carbonyl (C=O) groups excluding carboxylic acids is 1. The molecular weight excluding hydrogens is 384 g/mol. The highest BCUT2D eigenvalue weighted by atomic mass is 16.6. The van der Waals surface area contributed by atoms with Gasteiger partial charge in [-0.1, -0.05) is 82.2 Å². The average molecular weight is 425 g/mol. The molecule has 1 aliphatic rings. The molecule has 0 spiro atoms. The Kier molecular flexibility index (Phi) is 9.20. The maximum absolute atomic E-state index is 12.1. The Morgan fingerprint density at radius 1 is 0.968 bits per heavy atom. The summed E-state index contributed by atoms with van der Waals surface area (Å²) in [5, 5.41) is 2.19. The van der Waals surface area contributed by atoms with E-state index in [-0.39, 0.29) is 6.09 Å². The van der Waals surface area contributed by atoms with Crippen molar-refractivity contribution >= 4 is 16.9 Å². The average Bonchev–Trinajstić information content (AvgIpc) is 3.05. The van der Waals surface area contributed by atoms with Gasteiger partial charge in [0.1, 0.15) is 5.75 Å². The molecule has 1 saturated carbocycles. The second kappa shape index (κ2) is 12.1. The standard InChI is InChI=1S/C27H40N2O2/c1-4-5-19-29(20-18-22-12-8-6-7-9-13-22)21-23-16-17-26(31-27(30)28(2)3)25-15-11-10-14-24(23)25/h10-11,14-17,22H,4-9,12-13,18-21H2,1-3H3. The molecule has 0 bridgehead atoms. The molecule has 0 saturated heterocycles. The lowest BCUT2D eigenvalue weighted by Gasteiger charge is -2.26. The van der Waals surface area contributed by atoms with E-state index in [0.29, 0.717) is 5.75 Å². The van der Waals surface area contributed by atoms with Gasteiger partial charge in [-0.15, -0.1) is 0 Å². The zero-order chi connectivity index (χ0) is 22.1. The molecule has 0 atom stereocenters. The third-order valence-corrected chi connectivity index (χ3v) is 6.59. The van der Waals surface area contributed by atoms with Crippen LogP contribution in [0.3, 0.4) is 0 Å². The van der Waals surface area contributed by atoms with Gasteiger partial charge in [-0.2, -0.15) is 0 Å². The molecule has 4 heteroatoms. The summed E-state index contributed by atoms with van der Waals surface area (Å²) < 4.78 is 5.63. The van der Waals surface area contributed by atoms with Gasteiger partial charge in [-0.3, -0.25) is 4.90 Å². The maximum Gasteiger partial charge on any atom is 0.414 e. The molecule has 0 aromatic heterocycles. The van der Waals surface area contributed by atoms with Crippen molar-refractivity contribution in [1.29, 1.82) is 0 Å². The van der Waals surface area contributed by atoms with Gasteiger partial charge in [-0.05, 0) is 48.9 Å². The van der Waals surface area contributed by atoms with Crippen LogP contribution in [0.2, 0.25) is 0 Å². The number of fused-ring (bicyclic) bond motifs is 1. The summed E-state index contributed by atoms with van der Waals surface area (Å²) in [6.45, 7) is 5.55. The minimum absolute atomic E-state index is 0.342. The SMILES string of the molecule is CCCCN(CCC1CCCCCC1)Cc1ccc(OC(=O)N(C)C)c2ccccc12. The highest BCUT2D eigenvalue weighted by Gasteiger charge is 2.17. The first-order chi connectivity index (χ1) is 15.1. The van der Waals surface area contributed by atoms with E-state index in [4.69, 9.17) is 4.74 Å². The normalized spacial score (nSPS) is 15.2. The number of ether oxygens (including phenoxy) is 1. The summed E-state index contributed by atoms with van der Waals surface area (Å²) in [7, 11) is 3.41. The number of hydrogen-bond donors (Lipinski definition) is 0. The first-order valence-electron chi connectivity index (χ1n) is 12.2. The molecule has 1 amide bonds. The van der Waals surface area contributed by atoms with Crippen molar-refractivity contribution in [2.75, 3.05) is 27.2 Å². The van der Waals surface area contributed by atoms with Crippen molar-refractivity contribution in [3.63, 3.8) is 0 Å². The van der Waals surface area contributed by atoms with Crippen LogP contribution in [0.1, 0.15) is 70.3 Å². The van der Waals surface area contributed by atoms with Crippen molar-refractivity contribution in [2.24, 2.45) is 5.92 Å². The number of amides is 1. The van der Waals surface area contributed by atoms with Crippen LogP contribution < -0.4 is 4.74 Å². The molecule has 31 heavy (non-hydrogen) atoms. The zero-order valence-corrected chi connectivity index (χ0v) is 19.7. The van der Waals surface area contributed by atoms with Crippen molar-refractivity contribution in [2.45, 2.75) is 71.3 Å². The Hall–Kier alpha value is -2.07. The van der Waals surface area contributed by atoms with Gasteiger partial charge >= 0.3 is 6.09 Å². The smallest absolute Gasteiger partial charge is 0.410 e. The highest BCUT2D eigenvalue weighted by molar-refractivity contribution is 5.92. The summed E-state index contributed by atoms with van der Waals surface area (Å²) >= 11 is 0. The molecule has 3 rings (SSSR count). The van der Waals surface area contributed by atoms with Gasteiger partial charge in [0.2, 0.25) is 0 Å². The molecule has 2 aromatic carbocycles. The van der Waals surface area contributed by atoms with Crippen LogP contribution in [0, 0.1) is 5.92 Å². The summed E-state index contributed by atoms with van der Waals surface area (Å²) in [5.41, 5.74) is 1.32. The molecule has 170 valence electrons. The Labute approximate surface area is 188 Å². The molecule has 1 aliphatic carbocycles. The zero-order valence-electron chi connectivity index (χ0n) is 19.7. The molecule has 1 fully saturated rings. The first-order valence-corrected chi connectivity index (χ1v) is 12.2. The lowest BCUT2D eigenvalue weighted by atomic mass is 9.96. The third kappa shape index (κ3) is 6.96. The summed E-state index contributed by atoms with van der Waals surface area (Å²) in [6.07, 6.45) is 11.9. The maximum atomic E-state index is 12.1. The fraction of sp³-hybridized carbons (Fsp3) is 0.593. The minimum atomic E-state index is -0.342. The highest BCUT2D eigenvalue weighted by Crippen LogP contribution is 2.30. The van der Waals surface area contributed by atoms with Gasteiger partial charge in [-0.25, -0.2) is 4.79 Å². The fourth-order valence-electron chi connectivity index (χ4n) is 4.66. The molecule has 0 unspecified atom stereocenters. The Bertz CT molecular complexity index is 825. The van der Waals surface area contributed by atoms with E-state index in [0.717, 1.165) is 24.4 Å². The van der Waals surface area contributed by atoms with Gasteiger partial charge < -0.3 is 9.64 Å². The lowest BCUT2D eigenvalue weighted by molar-refractivity contribution is 0.172. The van der Waals surface area contributed by atoms with Crippen LogP contribution in [0.15, 0.2) is 36.4 Å². The number of carbonyl (C=O) groups is 1. The van der Waals surface area contributed by atoms with Crippen LogP contribution in [0.25, 0.3) is 10.8 Å². The lowest BCUT2D eigenvalue weighted by Crippen LogP contribution is -2.27. The molecule has 2 aromatic rings. The quantitative estimate of drug-likeness (QED) is 0.412. The van der Waals surface area contributed by atoms with Gasteiger partial charge in [0.15, 0.2) is 0 Å². The summed E-state index contributed by atoms with van der Waals surface area (Å²) in [5.74, 6) is 1.54. The second-order valence-electron chi connectivity index (χ2n) is 9.31. The largest absolute Gasteiger partial charge is 0.414 e. The summed E-state index contributed by atoms with van der Waals surface area (Å²) in [4.78, 5) is 16.2. The van der Waals surface area contributed by atoms with Crippen LogP contribution >= 0.6 is 0 Å². The third-order valence-electron chi connectivity index (χ3n) is 6.59. The number of hydrogen-bond acceptors (Lipinski definition) is 3. The Balaban J connectivity index is 1.75. The molecular formula is C27H40N2O2. The van der Waals surface area contributed by atoms with Gasteiger partial charge in [0.25, 0.3) is 0 Å². The van der Waals surface area contributed by atoms with Crippen LogP contribution in [0.4, 0.5) is 4.79 Å². The van der Waals surface area contributed by atoms with Crippen molar-refractivity contribution in [3.05, 3.63) is 42.0 Å². The van der Waals surface area contributed by atoms with E-state index in [2.05, 4.69) is 36.1 Å². The van der Waals surface area contributed by atoms with E-state index in [1.165, 1.54) is 80.2 Å². The van der Waals surface area contributed by atoms with Crippen LogP contribution in [0.5, 0.6) is 5.75 Å². The van der Waals surface area contributed by atoms with E-state index < -0.39 is 0 Å². The minimum Gasteiger partial charge on any atom is -0.410 e. The molecule has 0 heterocycles. The summed E-state index contributed by atoms with van der Waals surface area (Å²) in [6, 6.07) is 12.4. The van der Waals surface area contributed by atoms with Gasteiger partial charge in [0, 0.05) is 26.0 Å². The van der Waals surface area contributed by atoms with E-state index >= 15 is 0 Å². The molecule has 0 N–H and O–H groups in total. The van der Waals surface area contributed by atoms with Crippen LogP contribution in [-0.4, -0.2) is 43.1 Å². The van der Waals surface area contributed by atoms with Crippen molar-refractivity contribution < 1.29 is 9.53 Å². The van der Waals surface area contributed by atoms with E-state index in [1.807, 2.05) is 12.1 Å². The van der Waals surface area contributed by atoms with Gasteiger partial charge in [0.05, 0.1) is 0 Å². The van der Waals surface area contributed by atoms with Crippen molar-refractivity contribution in [3.8, 4) is 5.75 Å². The topological polar surface area (TPSA) is 32.8 Å². The number of unbranched alkanes of at least 4 members (excludes halogenated alkanes) is 1.